The van der Waals surface area contributed by atoms with Crippen molar-refractivity contribution in [3.63, 3.8) is 0 Å². The first-order chi connectivity index (χ1) is 17.6. The number of piperazine rings is 1. The fourth-order valence-electron chi connectivity index (χ4n) is 5.81. The van der Waals surface area contributed by atoms with Crippen molar-refractivity contribution in [2.24, 2.45) is 11.8 Å². The molecule has 0 unspecified atom stereocenters. The summed E-state index contributed by atoms with van der Waals surface area (Å²) in [6.45, 7) is 3.89. The molecule has 2 fully saturated rings. The third-order valence-electron chi connectivity index (χ3n) is 7.65. The topological polar surface area (TPSA) is 90.0 Å². The number of β-amino-alcohol motifs (C(OH)–C–C–N with tert-alkyl or cyclic N) is 1. The summed E-state index contributed by atoms with van der Waals surface area (Å²) in [6.07, 6.45) is 0.748. The Hall–Kier alpha value is -3.33. The number of carbonyl (C=O) groups is 3. The Morgan fingerprint density at radius 3 is 2.30 bits per heavy atom. The lowest BCUT2D eigenvalue weighted by Crippen LogP contribution is -2.68. The zero-order valence-electron chi connectivity index (χ0n) is 20.9. The molecule has 2 aliphatic heterocycles. The first kappa shape index (κ1) is 25.3. The van der Waals surface area contributed by atoms with Crippen LogP contribution in [0.5, 0.6) is 0 Å². The number of nitrogens with one attached hydrogen (secondary N) is 1. The summed E-state index contributed by atoms with van der Waals surface area (Å²) >= 11 is 0. The molecule has 3 atom stereocenters. The fraction of sp³-hybridized carbons (Fsp3) is 0.464. The van der Waals surface area contributed by atoms with Crippen molar-refractivity contribution in [3.05, 3.63) is 70.8 Å². The molecule has 0 radical (unpaired) electrons. The SMILES string of the molecule is CC(C)C[C@@H]1C(=O)N[C@H](C2Cc3ccccc3C2)C(=O)N1[C@@H](C(=O)N1CC(O)C1)c1ccc(F)cc1F. The molecule has 0 aromatic heterocycles. The highest BCUT2D eigenvalue weighted by Gasteiger charge is 2.51. The van der Waals surface area contributed by atoms with Gasteiger partial charge in [0.15, 0.2) is 0 Å². The van der Waals surface area contributed by atoms with Crippen LogP contribution in [-0.2, 0) is 27.2 Å². The van der Waals surface area contributed by atoms with Crippen LogP contribution in [0.15, 0.2) is 42.5 Å². The van der Waals surface area contributed by atoms with Crippen LogP contribution in [0, 0.1) is 23.5 Å². The Bertz CT molecular complexity index is 1200. The highest BCUT2D eigenvalue weighted by Crippen LogP contribution is 2.37. The van der Waals surface area contributed by atoms with Crippen LogP contribution in [0.1, 0.15) is 43.0 Å². The van der Waals surface area contributed by atoms with Crippen molar-refractivity contribution < 1.29 is 28.3 Å². The summed E-state index contributed by atoms with van der Waals surface area (Å²) in [5.74, 6) is -3.43. The van der Waals surface area contributed by atoms with Crippen molar-refractivity contribution >= 4 is 17.7 Å². The summed E-state index contributed by atoms with van der Waals surface area (Å²) in [5, 5.41) is 12.7. The van der Waals surface area contributed by atoms with Crippen LogP contribution in [0.3, 0.4) is 0 Å². The van der Waals surface area contributed by atoms with Gasteiger partial charge < -0.3 is 20.2 Å². The second kappa shape index (κ2) is 9.85. The van der Waals surface area contributed by atoms with E-state index < -0.39 is 53.6 Å². The van der Waals surface area contributed by atoms with E-state index in [1.54, 1.807) is 0 Å². The summed E-state index contributed by atoms with van der Waals surface area (Å²) in [4.78, 5) is 44.0. The first-order valence-electron chi connectivity index (χ1n) is 12.7. The van der Waals surface area contributed by atoms with Crippen LogP contribution < -0.4 is 5.32 Å². The highest BCUT2D eigenvalue weighted by atomic mass is 19.1. The van der Waals surface area contributed by atoms with E-state index in [1.165, 1.54) is 9.80 Å². The maximum absolute atomic E-state index is 15.2. The van der Waals surface area contributed by atoms with E-state index in [0.29, 0.717) is 18.9 Å². The number of carbonyl (C=O) groups excluding carboxylic acids is 3. The normalized spacial score (nSPS) is 23.2. The number of likely N-dealkylation sites (tertiary alicyclic amines) is 1. The van der Waals surface area contributed by atoms with Crippen LogP contribution >= 0.6 is 0 Å². The lowest BCUT2D eigenvalue weighted by Gasteiger charge is -2.47. The smallest absolute Gasteiger partial charge is 0.250 e. The van der Waals surface area contributed by atoms with Gasteiger partial charge in [-0.3, -0.25) is 14.4 Å². The van der Waals surface area contributed by atoms with Crippen molar-refractivity contribution in [1.29, 1.82) is 0 Å². The molecule has 9 heteroatoms. The lowest BCUT2D eigenvalue weighted by atomic mass is 9.87. The average molecular weight is 512 g/mol. The molecule has 5 rings (SSSR count). The van der Waals surface area contributed by atoms with E-state index >= 15 is 4.39 Å². The lowest BCUT2D eigenvalue weighted by molar-refractivity contribution is -0.163. The number of halogens is 2. The molecule has 0 saturated carbocycles. The van der Waals surface area contributed by atoms with Gasteiger partial charge in [-0.15, -0.1) is 0 Å². The Labute approximate surface area is 214 Å². The molecule has 2 saturated heterocycles. The third kappa shape index (κ3) is 4.72. The van der Waals surface area contributed by atoms with E-state index in [9.17, 15) is 23.9 Å². The molecule has 0 spiro atoms. The van der Waals surface area contributed by atoms with Gasteiger partial charge in [0.2, 0.25) is 17.7 Å². The first-order valence-corrected chi connectivity index (χ1v) is 12.7. The molecular weight excluding hydrogens is 480 g/mol. The highest BCUT2D eigenvalue weighted by molar-refractivity contribution is 6.00. The van der Waals surface area contributed by atoms with E-state index in [4.69, 9.17) is 0 Å². The Kier molecular flexibility index (Phi) is 6.74. The molecule has 37 heavy (non-hydrogen) atoms. The Balaban J connectivity index is 1.56. The van der Waals surface area contributed by atoms with Gasteiger partial charge in [0.25, 0.3) is 0 Å². The van der Waals surface area contributed by atoms with Gasteiger partial charge in [-0.25, -0.2) is 8.78 Å². The molecule has 196 valence electrons. The molecule has 7 nitrogen and oxygen atoms in total. The third-order valence-corrected chi connectivity index (χ3v) is 7.65. The Morgan fingerprint density at radius 1 is 1.08 bits per heavy atom. The second-order valence-electron chi connectivity index (χ2n) is 10.8. The van der Waals surface area contributed by atoms with Gasteiger partial charge in [-0.1, -0.05) is 44.2 Å². The van der Waals surface area contributed by atoms with Gasteiger partial charge in [-0.2, -0.15) is 0 Å². The number of hydrogen-bond acceptors (Lipinski definition) is 4. The summed E-state index contributed by atoms with van der Waals surface area (Å²) in [6, 6.07) is 7.40. The maximum atomic E-state index is 15.2. The number of nitrogens with zero attached hydrogens (tertiary/aromatic N) is 2. The molecular formula is C28H31F2N3O4. The zero-order chi connectivity index (χ0) is 26.4. The largest absolute Gasteiger partial charge is 0.389 e. The van der Waals surface area contributed by atoms with Crippen molar-refractivity contribution in [1.82, 2.24) is 15.1 Å². The minimum atomic E-state index is -1.46. The molecule has 0 bridgehead atoms. The minimum absolute atomic E-state index is 0.00187. The summed E-state index contributed by atoms with van der Waals surface area (Å²) in [5.41, 5.74) is 2.05. The zero-order valence-corrected chi connectivity index (χ0v) is 20.9. The second-order valence-corrected chi connectivity index (χ2v) is 10.8. The molecule has 1 aliphatic carbocycles. The van der Waals surface area contributed by atoms with E-state index in [1.807, 2.05) is 38.1 Å². The number of fused-ring (bicyclic) bond motifs is 1. The number of benzene rings is 2. The quantitative estimate of drug-likeness (QED) is 0.623. The van der Waals surface area contributed by atoms with E-state index in [2.05, 4.69) is 5.32 Å². The van der Waals surface area contributed by atoms with Crippen LogP contribution in [0.25, 0.3) is 0 Å². The van der Waals surface area contributed by atoms with Gasteiger partial charge in [0.1, 0.15) is 29.8 Å². The van der Waals surface area contributed by atoms with Crippen LogP contribution in [0.2, 0.25) is 0 Å². The number of amides is 3. The van der Waals surface area contributed by atoms with Gasteiger partial charge in [0.05, 0.1) is 6.10 Å². The average Bonchev–Trinajstić information content (AvgIpc) is 3.25. The summed E-state index contributed by atoms with van der Waals surface area (Å²) < 4.78 is 29.0. The summed E-state index contributed by atoms with van der Waals surface area (Å²) in [7, 11) is 0. The van der Waals surface area contributed by atoms with Crippen LogP contribution in [-0.4, -0.2) is 63.9 Å². The Morgan fingerprint density at radius 2 is 1.73 bits per heavy atom. The molecule has 2 N–H and O–H groups in total. The predicted octanol–water partition coefficient (Wildman–Crippen LogP) is 2.37. The molecule has 3 amide bonds. The monoisotopic (exact) mass is 511 g/mol. The van der Waals surface area contributed by atoms with Crippen molar-refractivity contribution in [2.45, 2.75) is 57.3 Å². The number of hydrogen-bond donors (Lipinski definition) is 2. The number of rotatable bonds is 6. The minimum Gasteiger partial charge on any atom is -0.389 e. The number of aliphatic hydroxyl groups excluding tert-OH is 1. The molecule has 3 aliphatic rings. The van der Waals surface area contributed by atoms with E-state index in [-0.39, 0.29) is 36.9 Å². The van der Waals surface area contributed by atoms with Crippen LogP contribution in [0.4, 0.5) is 8.78 Å². The van der Waals surface area contributed by atoms with Gasteiger partial charge >= 0.3 is 0 Å². The predicted molar refractivity (Wildman–Crippen MR) is 131 cm³/mol. The van der Waals surface area contributed by atoms with E-state index in [0.717, 1.165) is 23.3 Å². The van der Waals surface area contributed by atoms with Crippen molar-refractivity contribution in [2.75, 3.05) is 13.1 Å². The maximum Gasteiger partial charge on any atom is 0.250 e. The molecule has 2 aromatic rings. The number of aliphatic hydroxyl groups is 1. The van der Waals surface area contributed by atoms with Gasteiger partial charge in [-0.05, 0) is 48.3 Å². The fourth-order valence-corrected chi connectivity index (χ4v) is 5.81. The standard InChI is InChI=1S/C28H31F2N3O4/c1-15(2)9-23-26(35)31-24(18-10-16-5-3-4-6-17(16)11-18)27(36)33(23)25(28(37)32-13-20(34)14-32)21-8-7-19(29)12-22(21)30/h3-8,12,15,18,20,23-25,34H,9-11,13-14H2,1-2H3,(H,31,35)/t23-,24-,25-/m1/s1. The molecule has 2 aromatic carbocycles. The van der Waals surface area contributed by atoms with Crippen molar-refractivity contribution in [3.8, 4) is 0 Å². The molecule has 2 heterocycles. The van der Waals surface area contributed by atoms with Gasteiger partial charge in [0, 0.05) is 24.7 Å².